The summed E-state index contributed by atoms with van der Waals surface area (Å²) in [7, 11) is 0. The number of nitrogens with zero attached hydrogens (tertiary/aromatic N) is 1. The number of aliphatic carboxylic acids is 1. The van der Waals surface area contributed by atoms with Crippen molar-refractivity contribution in [3.05, 3.63) is 66.0 Å². The molecule has 2 aromatic rings. The molecule has 0 aliphatic heterocycles. The molecule has 0 amide bonds. The molecule has 0 fully saturated rings. The van der Waals surface area contributed by atoms with Crippen LogP contribution in [-0.2, 0) is 11.3 Å². The summed E-state index contributed by atoms with van der Waals surface area (Å²) in [5.41, 5.74) is 1.57. The predicted octanol–water partition coefficient (Wildman–Crippen LogP) is 3.70. The zero-order valence-corrected chi connectivity index (χ0v) is 11.7. The van der Waals surface area contributed by atoms with Crippen LogP contribution in [0, 0.1) is 5.82 Å². The maximum atomic E-state index is 13.8. The fraction of sp³-hybridized carbons (Fsp3) is 0.235. The molecule has 2 aromatic carbocycles. The van der Waals surface area contributed by atoms with Crippen LogP contribution in [0.15, 0.2) is 54.6 Å². The van der Waals surface area contributed by atoms with Crippen LogP contribution >= 0.6 is 0 Å². The van der Waals surface area contributed by atoms with Gasteiger partial charge in [-0.3, -0.25) is 4.79 Å². The molecule has 0 bridgehead atoms. The third-order valence-electron chi connectivity index (χ3n) is 3.26. The van der Waals surface area contributed by atoms with E-state index >= 15 is 0 Å². The van der Waals surface area contributed by atoms with Gasteiger partial charge in [-0.25, -0.2) is 4.39 Å². The van der Waals surface area contributed by atoms with E-state index in [-0.39, 0.29) is 12.2 Å². The van der Waals surface area contributed by atoms with Crippen molar-refractivity contribution in [1.29, 1.82) is 0 Å². The van der Waals surface area contributed by atoms with E-state index in [1.54, 1.807) is 18.2 Å². The van der Waals surface area contributed by atoms with Crippen LogP contribution in [0.3, 0.4) is 0 Å². The molecule has 0 aliphatic rings. The highest BCUT2D eigenvalue weighted by Gasteiger charge is 2.10. The molecule has 3 nitrogen and oxygen atoms in total. The normalized spacial score (nSPS) is 10.3. The third kappa shape index (κ3) is 4.60. The smallest absolute Gasteiger partial charge is 0.303 e. The zero-order valence-electron chi connectivity index (χ0n) is 11.7. The topological polar surface area (TPSA) is 40.5 Å². The summed E-state index contributed by atoms with van der Waals surface area (Å²) in [6, 6.07) is 16.3. The Hall–Kier alpha value is -2.36. The number of hydrogen-bond acceptors (Lipinski definition) is 2. The molecule has 0 heterocycles. The van der Waals surface area contributed by atoms with Gasteiger partial charge >= 0.3 is 5.97 Å². The van der Waals surface area contributed by atoms with Crippen molar-refractivity contribution >= 4 is 11.7 Å². The lowest BCUT2D eigenvalue weighted by Crippen LogP contribution is -2.25. The lowest BCUT2D eigenvalue weighted by Gasteiger charge is -2.25. The number of carboxylic acids is 1. The van der Waals surface area contributed by atoms with Crippen molar-refractivity contribution in [2.75, 3.05) is 11.4 Å². The highest BCUT2D eigenvalue weighted by atomic mass is 19.1. The summed E-state index contributed by atoms with van der Waals surface area (Å²) >= 11 is 0. The first-order chi connectivity index (χ1) is 10.2. The molecule has 4 heteroatoms. The van der Waals surface area contributed by atoms with Crippen molar-refractivity contribution in [2.45, 2.75) is 19.4 Å². The van der Waals surface area contributed by atoms with Gasteiger partial charge < -0.3 is 10.0 Å². The standard InChI is InChI=1S/C17H18FNO2/c18-16-10-5-4-7-14(16)13-19(12-6-11-17(20)21)15-8-2-1-3-9-15/h1-5,7-10H,6,11-13H2,(H,20,21). The van der Waals surface area contributed by atoms with Crippen LogP contribution in [-0.4, -0.2) is 17.6 Å². The summed E-state index contributed by atoms with van der Waals surface area (Å²) in [5.74, 6) is -1.05. The molecule has 0 aromatic heterocycles. The van der Waals surface area contributed by atoms with Crippen molar-refractivity contribution < 1.29 is 14.3 Å². The molecule has 21 heavy (non-hydrogen) atoms. The Morgan fingerprint density at radius 3 is 2.38 bits per heavy atom. The van der Waals surface area contributed by atoms with E-state index in [1.165, 1.54) is 6.07 Å². The van der Waals surface area contributed by atoms with Crippen molar-refractivity contribution in [3.8, 4) is 0 Å². The van der Waals surface area contributed by atoms with Crippen LogP contribution in [0.2, 0.25) is 0 Å². The van der Waals surface area contributed by atoms with E-state index in [1.807, 2.05) is 35.2 Å². The molecular formula is C17H18FNO2. The first-order valence-electron chi connectivity index (χ1n) is 6.92. The van der Waals surface area contributed by atoms with E-state index in [0.717, 1.165) is 5.69 Å². The van der Waals surface area contributed by atoms with Gasteiger partial charge in [-0.1, -0.05) is 36.4 Å². The first kappa shape index (κ1) is 15.0. The molecule has 0 saturated heterocycles. The van der Waals surface area contributed by atoms with Crippen LogP contribution in [0.4, 0.5) is 10.1 Å². The first-order valence-corrected chi connectivity index (χ1v) is 6.92. The second-order valence-corrected chi connectivity index (χ2v) is 4.85. The zero-order chi connectivity index (χ0) is 15.1. The van der Waals surface area contributed by atoms with Crippen LogP contribution in [0.5, 0.6) is 0 Å². The van der Waals surface area contributed by atoms with Gasteiger partial charge in [0.1, 0.15) is 5.82 Å². The molecule has 2 rings (SSSR count). The number of halogens is 1. The average Bonchev–Trinajstić information content (AvgIpc) is 2.49. The third-order valence-corrected chi connectivity index (χ3v) is 3.26. The van der Waals surface area contributed by atoms with Crippen molar-refractivity contribution in [3.63, 3.8) is 0 Å². The maximum absolute atomic E-state index is 13.8. The average molecular weight is 287 g/mol. The summed E-state index contributed by atoms with van der Waals surface area (Å²) in [5, 5.41) is 8.75. The lowest BCUT2D eigenvalue weighted by molar-refractivity contribution is -0.137. The molecular weight excluding hydrogens is 269 g/mol. The number of para-hydroxylation sites is 1. The quantitative estimate of drug-likeness (QED) is 0.844. The minimum atomic E-state index is -0.811. The van der Waals surface area contributed by atoms with Gasteiger partial charge in [0.2, 0.25) is 0 Å². The molecule has 0 aliphatic carbocycles. The number of hydrogen-bond donors (Lipinski definition) is 1. The number of carboxylic acid groups (broad SMARTS) is 1. The second-order valence-electron chi connectivity index (χ2n) is 4.85. The SMILES string of the molecule is O=C(O)CCCN(Cc1ccccc1F)c1ccccc1. The summed E-state index contributed by atoms with van der Waals surface area (Å²) in [6.07, 6.45) is 0.638. The summed E-state index contributed by atoms with van der Waals surface area (Å²) in [4.78, 5) is 12.7. The summed E-state index contributed by atoms with van der Waals surface area (Å²) in [6.45, 7) is 1.00. The van der Waals surface area contributed by atoms with Gasteiger partial charge in [-0.15, -0.1) is 0 Å². The molecule has 0 spiro atoms. The fourth-order valence-corrected chi connectivity index (χ4v) is 2.19. The number of anilines is 1. The van der Waals surface area contributed by atoms with Crippen molar-refractivity contribution in [1.82, 2.24) is 0 Å². The molecule has 110 valence electrons. The largest absolute Gasteiger partial charge is 0.481 e. The molecule has 0 saturated carbocycles. The van der Waals surface area contributed by atoms with Crippen LogP contribution < -0.4 is 4.90 Å². The number of carbonyl (C=O) groups is 1. The Morgan fingerprint density at radius 1 is 1.05 bits per heavy atom. The highest BCUT2D eigenvalue weighted by molar-refractivity contribution is 5.66. The van der Waals surface area contributed by atoms with Gasteiger partial charge in [0.15, 0.2) is 0 Å². The lowest BCUT2D eigenvalue weighted by atomic mass is 10.1. The maximum Gasteiger partial charge on any atom is 0.303 e. The Labute approximate surface area is 123 Å². The Balaban J connectivity index is 2.12. The molecule has 0 unspecified atom stereocenters. The van der Waals surface area contributed by atoms with Crippen LogP contribution in [0.1, 0.15) is 18.4 Å². The monoisotopic (exact) mass is 287 g/mol. The molecule has 1 N–H and O–H groups in total. The molecule has 0 atom stereocenters. The summed E-state index contributed by atoms with van der Waals surface area (Å²) < 4.78 is 13.8. The fourth-order valence-electron chi connectivity index (χ4n) is 2.19. The van der Waals surface area contributed by atoms with Gasteiger partial charge in [-0.05, 0) is 24.6 Å². The van der Waals surface area contributed by atoms with E-state index in [9.17, 15) is 9.18 Å². The van der Waals surface area contributed by atoms with E-state index in [0.29, 0.717) is 25.1 Å². The second kappa shape index (κ2) is 7.43. The minimum absolute atomic E-state index is 0.112. The Bertz CT molecular complexity index is 586. The van der Waals surface area contributed by atoms with Crippen LogP contribution in [0.25, 0.3) is 0 Å². The van der Waals surface area contributed by atoms with E-state index in [4.69, 9.17) is 5.11 Å². The van der Waals surface area contributed by atoms with Crippen molar-refractivity contribution in [2.24, 2.45) is 0 Å². The minimum Gasteiger partial charge on any atom is -0.481 e. The van der Waals surface area contributed by atoms with Gasteiger partial charge in [0.05, 0.1) is 0 Å². The predicted molar refractivity (Wildman–Crippen MR) is 80.8 cm³/mol. The van der Waals surface area contributed by atoms with E-state index < -0.39 is 5.97 Å². The highest BCUT2D eigenvalue weighted by Crippen LogP contribution is 2.19. The number of rotatable bonds is 7. The van der Waals surface area contributed by atoms with Gasteiger partial charge in [0.25, 0.3) is 0 Å². The molecule has 0 radical (unpaired) electrons. The number of benzene rings is 2. The van der Waals surface area contributed by atoms with E-state index in [2.05, 4.69) is 0 Å². The van der Waals surface area contributed by atoms with Gasteiger partial charge in [-0.2, -0.15) is 0 Å². The van der Waals surface area contributed by atoms with Gasteiger partial charge in [0, 0.05) is 30.8 Å². The Morgan fingerprint density at radius 2 is 1.71 bits per heavy atom. The Kier molecular flexibility index (Phi) is 5.32.